The molecule has 0 saturated heterocycles. The van der Waals surface area contributed by atoms with Gasteiger partial charge in [0.15, 0.2) is 0 Å². The molecule has 0 radical (unpaired) electrons. The first kappa shape index (κ1) is 7.95. The van der Waals surface area contributed by atoms with E-state index >= 15 is 0 Å². The minimum absolute atomic E-state index is 0.493. The van der Waals surface area contributed by atoms with Gasteiger partial charge >= 0.3 is 0 Å². The van der Waals surface area contributed by atoms with E-state index in [0.717, 1.165) is 15.5 Å². The largest absolute Gasteiger partial charge is 0.244 e. The van der Waals surface area contributed by atoms with Crippen molar-refractivity contribution in [3.05, 3.63) is 34.2 Å². The van der Waals surface area contributed by atoms with Crippen LogP contribution in [-0.2, 0) is 0 Å². The molecule has 12 heavy (non-hydrogen) atoms. The molecular formula is C8H4BrClN2. The van der Waals surface area contributed by atoms with Crippen molar-refractivity contribution in [2.75, 3.05) is 0 Å². The molecule has 0 atom stereocenters. The molecule has 2 aromatic heterocycles. The van der Waals surface area contributed by atoms with Gasteiger partial charge in [-0.05, 0) is 34.1 Å². The van der Waals surface area contributed by atoms with Crippen molar-refractivity contribution in [3.8, 4) is 0 Å². The van der Waals surface area contributed by atoms with Gasteiger partial charge in [-0.2, -0.15) is 0 Å². The number of pyridine rings is 2. The Balaban J connectivity index is 2.86. The first-order valence-corrected chi connectivity index (χ1v) is 4.51. The van der Waals surface area contributed by atoms with Crippen LogP contribution >= 0.6 is 27.5 Å². The maximum atomic E-state index is 5.84. The lowest BCUT2D eigenvalue weighted by atomic mass is 10.3. The molecule has 0 fully saturated rings. The van der Waals surface area contributed by atoms with Gasteiger partial charge in [-0.25, -0.2) is 9.97 Å². The summed E-state index contributed by atoms with van der Waals surface area (Å²) in [5.74, 6) is 0. The van der Waals surface area contributed by atoms with Gasteiger partial charge in [-0.3, -0.25) is 0 Å². The van der Waals surface area contributed by atoms with Crippen molar-refractivity contribution in [3.63, 3.8) is 0 Å². The van der Waals surface area contributed by atoms with Crippen LogP contribution in [0.4, 0.5) is 0 Å². The van der Waals surface area contributed by atoms with Crippen LogP contribution in [0.15, 0.2) is 29.0 Å². The van der Waals surface area contributed by atoms with E-state index < -0.39 is 0 Å². The fraction of sp³-hybridized carbons (Fsp3) is 0. The second-order valence-electron chi connectivity index (χ2n) is 2.30. The van der Waals surface area contributed by atoms with E-state index in [4.69, 9.17) is 11.6 Å². The summed E-state index contributed by atoms with van der Waals surface area (Å²) in [7, 11) is 0. The molecule has 0 saturated carbocycles. The van der Waals surface area contributed by atoms with E-state index in [-0.39, 0.29) is 0 Å². The third-order valence-electron chi connectivity index (χ3n) is 1.53. The highest BCUT2D eigenvalue weighted by molar-refractivity contribution is 9.10. The SMILES string of the molecule is Clc1nccc2nc(Br)ccc12. The Morgan fingerprint density at radius 2 is 2.08 bits per heavy atom. The van der Waals surface area contributed by atoms with Gasteiger partial charge in [0.25, 0.3) is 0 Å². The number of halogens is 2. The molecule has 0 aliphatic rings. The van der Waals surface area contributed by atoms with Gasteiger partial charge in [0.1, 0.15) is 9.76 Å². The molecule has 2 heterocycles. The van der Waals surface area contributed by atoms with Gasteiger partial charge in [-0.15, -0.1) is 0 Å². The molecule has 0 aromatic carbocycles. The first-order chi connectivity index (χ1) is 5.77. The molecule has 0 aliphatic heterocycles. The van der Waals surface area contributed by atoms with Gasteiger partial charge in [0, 0.05) is 11.6 Å². The number of rotatable bonds is 0. The Morgan fingerprint density at radius 1 is 1.25 bits per heavy atom. The van der Waals surface area contributed by atoms with Crippen molar-refractivity contribution in [1.82, 2.24) is 9.97 Å². The summed E-state index contributed by atoms with van der Waals surface area (Å²) in [5, 5.41) is 1.37. The van der Waals surface area contributed by atoms with Gasteiger partial charge in [0.05, 0.1) is 5.52 Å². The predicted molar refractivity (Wildman–Crippen MR) is 52.2 cm³/mol. The fourth-order valence-electron chi connectivity index (χ4n) is 0.994. The predicted octanol–water partition coefficient (Wildman–Crippen LogP) is 3.05. The van der Waals surface area contributed by atoms with Crippen LogP contribution in [0.25, 0.3) is 10.9 Å². The summed E-state index contributed by atoms with van der Waals surface area (Å²) in [6.45, 7) is 0. The zero-order valence-corrected chi connectivity index (χ0v) is 8.30. The molecule has 2 nitrogen and oxygen atoms in total. The van der Waals surface area contributed by atoms with Crippen LogP contribution in [0.5, 0.6) is 0 Å². The minimum atomic E-state index is 0.493. The summed E-state index contributed by atoms with van der Waals surface area (Å²) in [5.41, 5.74) is 0.851. The van der Waals surface area contributed by atoms with Crippen LogP contribution in [0.3, 0.4) is 0 Å². The lowest BCUT2D eigenvalue weighted by Gasteiger charge is -1.97. The number of nitrogens with zero attached hydrogens (tertiary/aromatic N) is 2. The van der Waals surface area contributed by atoms with Crippen LogP contribution in [-0.4, -0.2) is 9.97 Å². The van der Waals surface area contributed by atoms with E-state index in [1.807, 2.05) is 18.2 Å². The molecule has 0 N–H and O–H groups in total. The highest BCUT2D eigenvalue weighted by Gasteiger charge is 1.99. The average molecular weight is 243 g/mol. The second kappa shape index (κ2) is 2.99. The average Bonchev–Trinajstić information content (AvgIpc) is 2.04. The monoisotopic (exact) mass is 242 g/mol. The molecule has 0 amide bonds. The van der Waals surface area contributed by atoms with Crippen molar-refractivity contribution >= 4 is 38.4 Å². The Labute approximate surface area is 82.7 Å². The smallest absolute Gasteiger partial charge is 0.138 e. The summed E-state index contributed by atoms with van der Waals surface area (Å²) in [4.78, 5) is 8.18. The standard InChI is InChI=1S/C8H4BrClN2/c9-7-2-1-5-6(12-7)3-4-11-8(5)10/h1-4H. The Bertz CT molecular complexity index is 430. The summed E-state index contributed by atoms with van der Waals surface area (Å²) in [6.07, 6.45) is 1.64. The van der Waals surface area contributed by atoms with Gasteiger partial charge in [0.2, 0.25) is 0 Å². The molecule has 0 aliphatic carbocycles. The van der Waals surface area contributed by atoms with Crippen molar-refractivity contribution in [2.24, 2.45) is 0 Å². The summed E-state index contributed by atoms with van der Waals surface area (Å²) < 4.78 is 0.803. The Morgan fingerprint density at radius 3 is 2.92 bits per heavy atom. The zero-order valence-electron chi connectivity index (χ0n) is 5.96. The lowest BCUT2D eigenvalue weighted by molar-refractivity contribution is 1.30. The fourth-order valence-corrected chi connectivity index (χ4v) is 1.53. The van der Waals surface area contributed by atoms with Gasteiger partial charge in [-0.1, -0.05) is 11.6 Å². The Kier molecular flexibility index (Phi) is 1.98. The van der Waals surface area contributed by atoms with E-state index in [9.17, 15) is 0 Å². The first-order valence-electron chi connectivity index (χ1n) is 3.34. The molecule has 2 rings (SSSR count). The van der Waals surface area contributed by atoms with Crippen molar-refractivity contribution in [1.29, 1.82) is 0 Å². The maximum absolute atomic E-state index is 5.84. The summed E-state index contributed by atoms with van der Waals surface area (Å²) in [6, 6.07) is 5.56. The lowest BCUT2D eigenvalue weighted by Crippen LogP contribution is -1.82. The maximum Gasteiger partial charge on any atom is 0.138 e. The van der Waals surface area contributed by atoms with Crippen molar-refractivity contribution in [2.45, 2.75) is 0 Å². The van der Waals surface area contributed by atoms with Crippen LogP contribution in [0.1, 0.15) is 0 Å². The van der Waals surface area contributed by atoms with Crippen molar-refractivity contribution < 1.29 is 0 Å². The number of hydrogen-bond donors (Lipinski definition) is 0. The summed E-state index contributed by atoms with van der Waals surface area (Å²) >= 11 is 9.13. The van der Waals surface area contributed by atoms with E-state index in [1.165, 1.54) is 0 Å². The van der Waals surface area contributed by atoms with Crippen LogP contribution in [0.2, 0.25) is 5.15 Å². The quantitative estimate of drug-likeness (QED) is 0.665. The normalized spacial score (nSPS) is 10.5. The van der Waals surface area contributed by atoms with Crippen LogP contribution in [0, 0.1) is 0 Å². The van der Waals surface area contributed by atoms with E-state index in [0.29, 0.717) is 5.15 Å². The number of fused-ring (bicyclic) bond motifs is 1. The number of hydrogen-bond acceptors (Lipinski definition) is 2. The molecule has 0 bridgehead atoms. The highest BCUT2D eigenvalue weighted by atomic mass is 79.9. The topological polar surface area (TPSA) is 25.8 Å². The van der Waals surface area contributed by atoms with E-state index in [2.05, 4.69) is 25.9 Å². The van der Waals surface area contributed by atoms with Crippen LogP contribution < -0.4 is 0 Å². The molecular weight excluding hydrogens is 239 g/mol. The minimum Gasteiger partial charge on any atom is -0.244 e. The Hall–Kier alpha value is -0.670. The third kappa shape index (κ3) is 1.30. The molecule has 0 unspecified atom stereocenters. The highest BCUT2D eigenvalue weighted by Crippen LogP contribution is 2.20. The third-order valence-corrected chi connectivity index (χ3v) is 2.28. The molecule has 0 spiro atoms. The van der Waals surface area contributed by atoms with Gasteiger partial charge < -0.3 is 0 Å². The second-order valence-corrected chi connectivity index (χ2v) is 3.47. The zero-order chi connectivity index (χ0) is 8.55. The molecule has 60 valence electrons. The number of aromatic nitrogens is 2. The molecule has 2 aromatic rings. The molecule has 4 heteroatoms. The van der Waals surface area contributed by atoms with E-state index in [1.54, 1.807) is 6.20 Å².